The van der Waals surface area contributed by atoms with E-state index < -0.39 is 5.54 Å². The summed E-state index contributed by atoms with van der Waals surface area (Å²) in [5, 5.41) is 14.6. The monoisotopic (exact) mass is 187 g/mol. The van der Waals surface area contributed by atoms with Crippen LogP contribution in [-0.2, 0) is 0 Å². The summed E-state index contributed by atoms with van der Waals surface area (Å²) in [6.45, 7) is 4.04. The summed E-state index contributed by atoms with van der Waals surface area (Å²) in [6.07, 6.45) is 3.87. The first-order valence-electron chi connectivity index (χ1n) is 4.77. The molecule has 13 heavy (non-hydrogen) atoms. The summed E-state index contributed by atoms with van der Waals surface area (Å²) in [7, 11) is 1.42. The van der Waals surface area contributed by atoms with Gasteiger partial charge in [-0.2, -0.15) is 4.91 Å². The lowest BCUT2D eigenvalue weighted by atomic mass is 9.95. The number of hydrogen-bond donors (Lipinski definition) is 0. The molecular weight excluding hydrogens is 168 g/mol. The molecule has 0 rings (SSSR count). The van der Waals surface area contributed by atoms with Crippen LogP contribution in [0.1, 0.15) is 39.5 Å². The summed E-state index contributed by atoms with van der Waals surface area (Å²) in [5.74, 6) is 0. The highest BCUT2D eigenvalue weighted by atomic mass is 16.5. The number of nitrogens with zero attached hydrogens (tertiary/aromatic N) is 2. The Bertz CT molecular complexity index is 151. The maximum absolute atomic E-state index is 10.8. The van der Waals surface area contributed by atoms with Crippen LogP contribution in [0, 0.1) is 10.1 Å². The van der Waals surface area contributed by atoms with Gasteiger partial charge in [0.2, 0.25) is 0 Å². The predicted octanol–water partition coefficient (Wildman–Crippen LogP) is 2.52. The first-order chi connectivity index (χ1) is 6.04. The van der Waals surface area contributed by atoms with Crippen LogP contribution < -0.4 is 0 Å². The Labute approximate surface area is 79.9 Å². The predicted molar refractivity (Wildman–Crippen MR) is 54.3 cm³/mol. The van der Waals surface area contributed by atoms with Gasteiger partial charge in [0.05, 0.1) is 0 Å². The van der Waals surface area contributed by atoms with Gasteiger partial charge >= 0.3 is 0 Å². The molecule has 0 bridgehead atoms. The Kier molecular flexibility index (Phi) is 5.82. The zero-order valence-electron chi connectivity index (χ0n) is 8.75. The quantitative estimate of drug-likeness (QED) is 0.349. The van der Waals surface area contributed by atoms with Crippen LogP contribution in [0.2, 0.25) is 0 Å². The summed E-state index contributed by atoms with van der Waals surface area (Å²) >= 11 is 0. The van der Waals surface area contributed by atoms with Crippen molar-refractivity contribution < 1.29 is 0 Å². The maximum atomic E-state index is 10.8. The second-order valence-corrected chi connectivity index (χ2v) is 3.83. The Morgan fingerprint density at radius 2 is 2.08 bits per heavy atom. The third-order valence-corrected chi connectivity index (χ3v) is 2.10. The average Bonchev–Trinajstić information content (AvgIpc) is 2.04. The zero-order valence-corrected chi connectivity index (χ0v) is 8.75. The number of hydroxylamine groups is 2. The fourth-order valence-corrected chi connectivity index (χ4v) is 1.39. The third-order valence-electron chi connectivity index (χ3n) is 2.10. The van der Waals surface area contributed by atoms with Gasteiger partial charge < -0.3 is 10.3 Å². The number of nitroso groups, excluding NO2 is 1. The molecule has 0 fully saturated rings. The highest BCUT2D eigenvalue weighted by Gasteiger charge is 2.24. The van der Waals surface area contributed by atoms with E-state index in [2.05, 4.69) is 12.1 Å². The first kappa shape index (κ1) is 12.5. The van der Waals surface area contributed by atoms with Crippen molar-refractivity contribution in [1.82, 2.24) is 5.06 Å². The van der Waals surface area contributed by atoms with Gasteiger partial charge in [-0.15, -0.1) is 0 Å². The second kappa shape index (κ2) is 6.05. The van der Waals surface area contributed by atoms with E-state index in [0.717, 1.165) is 24.3 Å². The van der Waals surface area contributed by atoms with E-state index in [1.54, 1.807) is 6.92 Å². The summed E-state index contributed by atoms with van der Waals surface area (Å²) in [5.41, 5.74) is -0.703. The average molecular weight is 187 g/mol. The van der Waals surface area contributed by atoms with Crippen molar-refractivity contribution in [2.45, 2.75) is 45.1 Å². The largest absolute Gasteiger partial charge is 0.785 e. The molecule has 0 aromatic heterocycles. The van der Waals surface area contributed by atoms with E-state index >= 15 is 0 Å². The summed E-state index contributed by atoms with van der Waals surface area (Å²) in [6, 6.07) is 0. The first-order valence-corrected chi connectivity index (χ1v) is 4.77. The van der Waals surface area contributed by atoms with E-state index in [4.69, 9.17) is 0 Å². The minimum Gasteiger partial charge on any atom is -0.785 e. The van der Waals surface area contributed by atoms with E-state index in [0.29, 0.717) is 6.42 Å². The number of hydrogen-bond acceptors (Lipinski definition) is 4. The van der Waals surface area contributed by atoms with Crippen molar-refractivity contribution in [1.29, 1.82) is 0 Å². The van der Waals surface area contributed by atoms with Gasteiger partial charge in [-0.05, 0) is 20.4 Å². The van der Waals surface area contributed by atoms with Gasteiger partial charge in [0, 0.05) is 6.54 Å². The van der Waals surface area contributed by atoms with Gasteiger partial charge in [-0.25, -0.2) is 0 Å². The van der Waals surface area contributed by atoms with Gasteiger partial charge in [0.15, 0.2) is 0 Å². The van der Waals surface area contributed by atoms with E-state index in [-0.39, 0.29) is 6.54 Å². The van der Waals surface area contributed by atoms with Crippen LogP contribution in [0.4, 0.5) is 0 Å². The molecule has 1 unspecified atom stereocenters. The molecule has 0 spiro atoms. The SMILES string of the molecule is CCCCCC(C)(CN(C)[O-])N=O. The molecule has 0 aliphatic rings. The molecule has 0 aliphatic heterocycles. The van der Waals surface area contributed by atoms with Crippen LogP contribution in [0.3, 0.4) is 0 Å². The van der Waals surface area contributed by atoms with E-state index in [9.17, 15) is 10.1 Å². The third kappa shape index (κ3) is 5.71. The van der Waals surface area contributed by atoms with Crippen LogP contribution >= 0.6 is 0 Å². The molecule has 4 heteroatoms. The fraction of sp³-hybridized carbons (Fsp3) is 1.00. The molecule has 0 saturated carbocycles. The summed E-state index contributed by atoms with van der Waals surface area (Å²) in [4.78, 5) is 10.5. The minimum atomic E-state index is -0.703. The Hall–Kier alpha value is -0.480. The molecule has 4 nitrogen and oxygen atoms in total. The van der Waals surface area contributed by atoms with Gasteiger partial charge in [0.25, 0.3) is 0 Å². The topological polar surface area (TPSA) is 55.7 Å². The van der Waals surface area contributed by atoms with Gasteiger partial charge in [-0.3, -0.25) is 0 Å². The fourth-order valence-electron chi connectivity index (χ4n) is 1.39. The Morgan fingerprint density at radius 1 is 1.46 bits per heavy atom. The number of unbranched alkanes of at least 4 members (excludes halogenated alkanes) is 2. The van der Waals surface area contributed by atoms with Crippen LogP contribution in [-0.4, -0.2) is 24.2 Å². The van der Waals surface area contributed by atoms with E-state index in [1.165, 1.54) is 7.05 Å². The molecule has 0 radical (unpaired) electrons. The second-order valence-electron chi connectivity index (χ2n) is 3.83. The number of likely N-dealkylation sites (N-methyl/N-ethyl adjacent to an activating group) is 1. The van der Waals surface area contributed by atoms with Gasteiger partial charge in [-0.1, -0.05) is 31.4 Å². The van der Waals surface area contributed by atoms with Crippen LogP contribution in [0.5, 0.6) is 0 Å². The van der Waals surface area contributed by atoms with Gasteiger partial charge in [0.1, 0.15) is 5.54 Å². The van der Waals surface area contributed by atoms with Crippen molar-refractivity contribution in [2.75, 3.05) is 13.6 Å². The van der Waals surface area contributed by atoms with Crippen molar-refractivity contribution in [3.63, 3.8) is 0 Å². The van der Waals surface area contributed by atoms with Crippen molar-refractivity contribution >= 4 is 0 Å². The molecule has 0 amide bonds. The van der Waals surface area contributed by atoms with Crippen LogP contribution in [0.25, 0.3) is 0 Å². The molecule has 0 saturated heterocycles. The van der Waals surface area contributed by atoms with E-state index in [1.807, 2.05) is 0 Å². The van der Waals surface area contributed by atoms with Crippen molar-refractivity contribution in [3.05, 3.63) is 10.1 Å². The standard InChI is InChI=1S/C9H19N2O2/c1-4-5-6-7-9(2,10-12)8-11(3)13/h4-8H2,1-3H3/q-1. The highest BCUT2D eigenvalue weighted by Crippen LogP contribution is 2.19. The summed E-state index contributed by atoms with van der Waals surface area (Å²) < 4.78 is 0. The molecule has 0 aromatic carbocycles. The smallest absolute Gasteiger partial charge is 0.111 e. The molecule has 1 atom stereocenters. The Morgan fingerprint density at radius 3 is 2.46 bits per heavy atom. The number of rotatable bonds is 7. The minimum absolute atomic E-state index is 0.195. The molecule has 0 aromatic rings. The van der Waals surface area contributed by atoms with Crippen LogP contribution in [0.15, 0.2) is 5.18 Å². The lowest BCUT2D eigenvalue weighted by molar-refractivity contribution is 0.303. The molecular formula is C9H19N2O2-. The normalized spacial score (nSPS) is 15.8. The lowest BCUT2D eigenvalue weighted by Crippen LogP contribution is -2.34. The zero-order chi connectivity index (χ0) is 10.3. The Balaban J connectivity index is 3.88. The molecule has 0 aliphatic carbocycles. The molecule has 78 valence electrons. The maximum Gasteiger partial charge on any atom is 0.111 e. The molecule has 0 N–H and O–H groups in total. The van der Waals surface area contributed by atoms with Crippen molar-refractivity contribution in [3.8, 4) is 0 Å². The molecule has 0 heterocycles. The van der Waals surface area contributed by atoms with Crippen molar-refractivity contribution in [2.24, 2.45) is 5.18 Å². The lowest BCUT2D eigenvalue weighted by Gasteiger charge is -2.31. The highest BCUT2D eigenvalue weighted by molar-refractivity contribution is 4.85.